The molecule has 1 N–H and O–H groups in total. The van der Waals surface area contributed by atoms with E-state index in [-0.39, 0.29) is 25.0 Å². The zero-order valence-corrected chi connectivity index (χ0v) is 22.6. The van der Waals surface area contributed by atoms with Gasteiger partial charge in [0.15, 0.2) is 11.6 Å². The zero-order valence-electron chi connectivity index (χ0n) is 21.8. The van der Waals surface area contributed by atoms with E-state index >= 15 is 4.39 Å². The molecule has 1 aliphatic heterocycles. The van der Waals surface area contributed by atoms with Crippen LogP contribution in [0.15, 0.2) is 35.2 Å². The highest BCUT2D eigenvalue weighted by molar-refractivity contribution is 7.92. The summed E-state index contributed by atoms with van der Waals surface area (Å²) < 4.78 is 150. The number of esters is 1. The second-order valence-corrected chi connectivity index (χ2v) is 11.2. The van der Waals surface area contributed by atoms with Gasteiger partial charge in [0.25, 0.3) is 10.0 Å². The SMILES string of the molecule is COC(=O)CC[C@H]1CN(S(=O)(=O)c2ccc(F)c(C(F)(F)F)c2)c2cc(NC(=O)OC(C)(C)C(F)(F)F)cc(F)c2O1. The number of rotatable bonds is 7. The number of methoxy groups -OCH3 is 1. The average molecular weight is 634 g/mol. The fourth-order valence-corrected chi connectivity index (χ4v) is 5.16. The van der Waals surface area contributed by atoms with Gasteiger partial charge in [-0.15, -0.1) is 0 Å². The number of alkyl halides is 6. The van der Waals surface area contributed by atoms with Crippen LogP contribution in [0.4, 0.5) is 51.3 Å². The van der Waals surface area contributed by atoms with Crippen molar-refractivity contribution in [3.05, 3.63) is 47.5 Å². The lowest BCUT2D eigenvalue weighted by atomic mass is 10.1. The van der Waals surface area contributed by atoms with Crippen molar-refractivity contribution in [3.63, 3.8) is 0 Å². The molecule has 18 heteroatoms. The van der Waals surface area contributed by atoms with Crippen LogP contribution in [0.5, 0.6) is 5.75 Å². The molecular weight excluding hydrogens is 612 g/mol. The molecule has 232 valence electrons. The summed E-state index contributed by atoms with van der Waals surface area (Å²) >= 11 is 0. The standard InChI is InChI=1S/C24H22F8N2O7S/c1-22(2,24(30,31)32)41-21(36)33-12-8-17(26)20-18(9-12)34(11-13(40-20)4-7-19(35)39-3)42(37,38)14-5-6-16(25)15(10-14)23(27,28)29/h5-6,8-10,13H,4,7,11H2,1-3H3,(H,33,36)/t13-/m0/s1. The number of ether oxygens (including phenoxy) is 3. The Hall–Kier alpha value is -3.83. The van der Waals surface area contributed by atoms with Crippen molar-refractivity contribution in [1.82, 2.24) is 0 Å². The normalized spacial score (nSPS) is 15.9. The molecule has 0 spiro atoms. The molecule has 1 atom stereocenters. The molecule has 0 aromatic heterocycles. The predicted octanol–water partition coefficient (Wildman–Crippen LogP) is 5.78. The number of sulfonamides is 1. The number of nitrogens with zero attached hydrogens (tertiary/aromatic N) is 1. The van der Waals surface area contributed by atoms with E-state index in [0.29, 0.717) is 30.3 Å². The second-order valence-electron chi connectivity index (χ2n) is 9.36. The molecule has 0 aliphatic carbocycles. The fourth-order valence-electron chi connectivity index (χ4n) is 3.64. The maximum atomic E-state index is 15.2. The summed E-state index contributed by atoms with van der Waals surface area (Å²) in [6, 6.07) is 2.16. The van der Waals surface area contributed by atoms with E-state index < -0.39 is 91.9 Å². The van der Waals surface area contributed by atoms with Crippen LogP contribution in [-0.4, -0.2) is 52.0 Å². The average Bonchev–Trinajstić information content (AvgIpc) is 2.85. The quantitative estimate of drug-likeness (QED) is 0.304. The van der Waals surface area contributed by atoms with Crippen LogP contribution in [0.2, 0.25) is 0 Å². The number of carbonyl (C=O) groups excluding carboxylic acids is 2. The highest BCUT2D eigenvalue weighted by atomic mass is 32.2. The van der Waals surface area contributed by atoms with Gasteiger partial charge in [-0.25, -0.2) is 22.0 Å². The number of hydrogen-bond acceptors (Lipinski definition) is 7. The molecule has 1 amide bonds. The Morgan fingerprint density at radius 1 is 1.05 bits per heavy atom. The Morgan fingerprint density at radius 2 is 1.69 bits per heavy atom. The van der Waals surface area contributed by atoms with E-state index in [2.05, 4.69) is 9.47 Å². The van der Waals surface area contributed by atoms with Crippen molar-refractivity contribution in [2.75, 3.05) is 23.3 Å². The largest absolute Gasteiger partial charge is 0.483 e. The summed E-state index contributed by atoms with van der Waals surface area (Å²) in [5.74, 6) is -4.62. The van der Waals surface area contributed by atoms with E-state index in [1.165, 1.54) is 0 Å². The molecule has 0 saturated carbocycles. The molecule has 0 unspecified atom stereocenters. The monoisotopic (exact) mass is 634 g/mol. The Kier molecular flexibility index (Phi) is 8.91. The Labute approximate surface area is 233 Å². The van der Waals surface area contributed by atoms with Crippen LogP contribution in [0.1, 0.15) is 32.3 Å². The van der Waals surface area contributed by atoms with Gasteiger partial charge in [0, 0.05) is 18.2 Å². The summed E-state index contributed by atoms with van der Waals surface area (Å²) in [5, 5.41) is 1.83. The van der Waals surface area contributed by atoms with Gasteiger partial charge in [0.05, 0.1) is 29.8 Å². The summed E-state index contributed by atoms with van der Waals surface area (Å²) in [4.78, 5) is 22.7. The summed E-state index contributed by atoms with van der Waals surface area (Å²) in [5.41, 5.74) is -6.17. The first kappa shape index (κ1) is 32.7. The van der Waals surface area contributed by atoms with E-state index in [4.69, 9.17) is 4.74 Å². The van der Waals surface area contributed by atoms with Gasteiger partial charge in [-0.05, 0) is 44.5 Å². The molecule has 2 aromatic rings. The van der Waals surface area contributed by atoms with Gasteiger partial charge in [-0.1, -0.05) is 0 Å². The molecule has 0 saturated heterocycles. The topological polar surface area (TPSA) is 111 Å². The van der Waals surface area contributed by atoms with Crippen molar-refractivity contribution in [3.8, 4) is 5.75 Å². The van der Waals surface area contributed by atoms with Gasteiger partial charge >= 0.3 is 24.4 Å². The number of nitrogens with one attached hydrogen (secondary N) is 1. The summed E-state index contributed by atoms with van der Waals surface area (Å²) in [6.45, 7) is 0.364. The van der Waals surface area contributed by atoms with E-state index in [1.54, 1.807) is 0 Å². The predicted molar refractivity (Wildman–Crippen MR) is 128 cm³/mol. The smallest absolute Gasteiger partial charge is 0.427 e. The summed E-state index contributed by atoms with van der Waals surface area (Å²) in [7, 11) is -3.98. The van der Waals surface area contributed by atoms with E-state index in [1.807, 2.05) is 5.32 Å². The molecular formula is C24H22F8N2O7S. The number of fused-ring (bicyclic) bond motifs is 1. The van der Waals surface area contributed by atoms with E-state index in [9.17, 15) is 48.7 Å². The molecule has 1 heterocycles. The van der Waals surface area contributed by atoms with Crippen LogP contribution >= 0.6 is 0 Å². The van der Waals surface area contributed by atoms with Crippen molar-refractivity contribution in [1.29, 1.82) is 0 Å². The molecule has 0 radical (unpaired) electrons. The van der Waals surface area contributed by atoms with Gasteiger partial charge in [0.1, 0.15) is 11.9 Å². The Morgan fingerprint density at radius 3 is 2.26 bits per heavy atom. The third-order valence-corrected chi connectivity index (χ3v) is 7.73. The van der Waals surface area contributed by atoms with Crippen LogP contribution in [0.25, 0.3) is 0 Å². The van der Waals surface area contributed by atoms with Gasteiger partial charge in [0.2, 0.25) is 5.60 Å². The minimum absolute atomic E-state index is 0.0261. The van der Waals surface area contributed by atoms with E-state index in [0.717, 1.165) is 13.2 Å². The lowest BCUT2D eigenvalue weighted by Gasteiger charge is -2.36. The lowest BCUT2D eigenvalue weighted by molar-refractivity contribution is -0.242. The van der Waals surface area contributed by atoms with Crippen molar-refractivity contribution >= 4 is 33.5 Å². The highest BCUT2D eigenvalue weighted by Crippen LogP contribution is 2.43. The van der Waals surface area contributed by atoms with Gasteiger partial charge in [-0.2, -0.15) is 26.3 Å². The first-order valence-electron chi connectivity index (χ1n) is 11.7. The number of hydrogen-bond donors (Lipinski definition) is 1. The lowest BCUT2D eigenvalue weighted by Crippen LogP contribution is -2.45. The highest BCUT2D eigenvalue weighted by Gasteiger charge is 2.51. The Bertz CT molecular complexity index is 1480. The van der Waals surface area contributed by atoms with Crippen molar-refractivity contribution in [2.45, 2.75) is 55.6 Å². The number of benzene rings is 2. The van der Waals surface area contributed by atoms with Crippen LogP contribution in [0, 0.1) is 11.6 Å². The van der Waals surface area contributed by atoms with Crippen LogP contribution in [0.3, 0.4) is 0 Å². The van der Waals surface area contributed by atoms with Crippen LogP contribution in [-0.2, 0) is 30.5 Å². The number of amides is 1. The van der Waals surface area contributed by atoms with Crippen molar-refractivity contribution < 1.29 is 67.3 Å². The minimum Gasteiger partial charge on any atom is -0.483 e. The molecule has 1 aliphatic rings. The molecule has 42 heavy (non-hydrogen) atoms. The number of halogens is 8. The third-order valence-electron chi connectivity index (χ3n) is 5.95. The first-order valence-corrected chi connectivity index (χ1v) is 13.1. The minimum atomic E-state index is -5.28. The van der Waals surface area contributed by atoms with Gasteiger partial charge < -0.3 is 14.2 Å². The molecule has 9 nitrogen and oxygen atoms in total. The third kappa shape index (κ3) is 6.96. The number of anilines is 2. The summed E-state index contributed by atoms with van der Waals surface area (Å²) in [6.07, 6.45) is -13.8. The number of carbonyl (C=O) groups is 2. The van der Waals surface area contributed by atoms with Gasteiger partial charge in [-0.3, -0.25) is 14.4 Å². The Balaban J connectivity index is 2.08. The van der Waals surface area contributed by atoms with Crippen molar-refractivity contribution in [2.24, 2.45) is 0 Å². The second kappa shape index (κ2) is 11.4. The van der Waals surface area contributed by atoms with Crippen LogP contribution < -0.4 is 14.4 Å². The maximum Gasteiger partial charge on any atom is 0.427 e. The molecule has 2 aromatic carbocycles. The molecule has 0 bridgehead atoms. The fraction of sp³-hybridized carbons (Fsp3) is 0.417. The first-order chi connectivity index (χ1) is 19.2. The zero-order chi connectivity index (χ0) is 31.8. The maximum absolute atomic E-state index is 15.2. The molecule has 0 fully saturated rings. The molecule has 3 rings (SSSR count).